The van der Waals surface area contributed by atoms with Gasteiger partial charge in [0.05, 0.1) is 22.7 Å². The van der Waals surface area contributed by atoms with Gasteiger partial charge in [-0.3, -0.25) is 4.79 Å². The molecule has 1 heterocycles. The average Bonchev–Trinajstić information content (AvgIpc) is 3.33. The molecule has 0 aliphatic rings. The Hall–Kier alpha value is -3.20. The maximum absolute atomic E-state index is 13.8. The van der Waals surface area contributed by atoms with Crippen molar-refractivity contribution in [3.8, 4) is 17.0 Å². The van der Waals surface area contributed by atoms with E-state index in [9.17, 15) is 9.18 Å². The lowest BCUT2D eigenvalue weighted by molar-refractivity contribution is -0.118. The van der Waals surface area contributed by atoms with Gasteiger partial charge in [0.1, 0.15) is 18.2 Å². The molecule has 1 amide bonds. The molecule has 1 N–H and O–H groups in total. The van der Waals surface area contributed by atoms with Gasteiger partial charge in [-0.05, 0) is 42.0 Å². The third-order valence-corrected chi connectivity index (χ3v) is 6.98. The summed E-state index contributed by atoms with van der Waals surface area (Å²) in [6.45, 7) is 0.0264. The van der Waals surface area contributed by atoms with Crippen molar-refractivity contribution in [1.82, 2.24) is 10.4 Å². The first-order valence-corrected chi connectivity index (χ1v) is 12.4. The first-order chi connectivity index (χ1) is 16.6. The number of carbonyl (C=O) groups is 1. The van der Waals surface area contributed by atoms with Crippen LogP contribution in [-0.2, 0) is 11.4 Å². The molecule has 0 aliphatic heterocycles. The van der Waals surface area contributed by atoms with Gasteiger partial charge < -0.3 is 4.74 Å². The molecule has 0 radical (unpaired) electrons. The number of carbonyl (C=O) groups excluding carboxylic acids is 1. The predicted octanol–water partition coefficient (Wildman–Crippen LogP) is 6.42. The van der Waals surface area contributed by atoms with E-state index in [1.807, 2.05) is 35.7 Å². The maximum atomic E-state index is 13.8. The van der Waals surface area contributed by atoms with Gasteiger partial charge in [-0.1, -0.05) is 59.8 Å². The summed E-state index contributed by atoms with van der Waals surface area (Å²) < 4.78 is 20.3. The second-order valence-electron chi connectivity index (χ2n) is 7.00. The number of rotatable bonds is 9. The van der Waals surface area contributed by atoms with Gasteiger partial charge in [-0.2, -0.15) is 5.10 Å². The van der Waals surface area contributed by atoms with Crippen molar-refractivity contribution in [3.63, 3.8) is 0 Å². The molecule has 0 saturated heterocycles. The van der Waals surface area contributed by atoms with E-state index >= 15 is 0 Å². The van der Waals surface area contributed by atoms with Crippen molar-refractivity contribution < 1.29 is 13.9 Å². The van der Waals surface area contributed by atoms with Crippen molar-refractivity contribution in [1.29, 1.82) is 0 Å². The largest absolute Gasteiger partial charge is 0.489 e. The molecule has 0 saturated carbocycles. The van der Waals surface area contributed by atoms with Crippen LogP contribution in [0.15, 0.2) is 87.6 Å². The van der Waals surface area contributed by atoms with Crippen LogP contribution in [-0.4, -0.2) is 22.9 Å². The number of thioether (sulfide) groups is 1. The van der Waals surface area contributed by atoms with E-state index in [1.165, 1.54) is 35.4 Å². The van der Waals surface area contributed by atoms with Crippen molar-refractivity contribution in [3.05, 3.63) is 100 Å². The number of benzene rings is 3. The minimum absolute atomic E-state index is 0.0264. The normalized spacial score (nSPS) is 11.0. The summed E-state index contributed by atoms with van der Waals surface area (Å²) in [6, 6.07) is 21.4. The molecule has 3 aromatic carbocycles. The smallest absolute Gasteiger partial charge is 0.250 e. The van der Waals surface area contributed by atoms with E-state index in [4.69, 9.17) is 16.3 Å². The minimum Gasteiger partial charge on any atom is -0.489 e. The lowest BCUT2D eigenvalue weighted by atomic mass is 10.2. The fourth-order valence-electron chi connectivity index (χ4n) is 2.88. The Balaban J connectivity index is 1.22. The molecular formula is C25H19ClFN3O2S2. The van der Waals surface area contributed by atoms with Gasteiger partial charge in [0, 0.05) is 16.5 Å². The Bertz CT molecular complexity index is 1260. The zero-order chi connectivity index (χ0) is 23.8. The van der Waals surface area contributed by atoms with Crippen LogP contribution < -0.4 is 10.2 Å². The second-order valence-corrected chi connectivity index (χ2v) is 9.49. The van der Waals surface area contributed by atoms with E-state index in [1.54, 1.807) is 36.4 Å². The predicted molar refractivity (Wildman–Crippen MR) is 136 cm³/mol. The third kappa shape index (κ3) is 6.66. The van der Waals surface area contributed by atoms with Gasteiger partial charge in [0.25, 0.3) is 5.91 Å². The van der Waals surface area contributed by atoms with Crippen molar-refractivity contribution in [2.24, 2.45) is 5.10 Å². The molecular weight excluding hydrogens is 493 g/mol. The molecule has 0 unspecified atom stereocenters. The molecule has 0 spiro atoms. The fourth-order valence-corrected chi connectivity index (χ4v) is 4.72. The quantitative estimate of drug-likeness (QED) is 0.160. The van der Waals surface area contributed by atoms with Gasteiger partial charge in [0.15, 0.2) is 4.34 Å². The van der Waals surface area contributed by atoms with Gasteiger partial charge >= 0.3 is 0 Å². The lowest BCUT2D eigenvalue weighted by Crippen LogP contribution is -2.19. The van der Waals surface area contributed by atoms with Crippen molar-refractivity contribution in [2.75, 3.05) is 5.75 Å². The monoisotopic (exact) mass is 511 g/mol. The third-order valence-electron chi connectivity index (χ3n) is 4.61. The van der Waals surface area contributed by atoms with Crippen molar-refractivity contribution in [2.45, 2.75) is 10.9 Å². The Kier molecular flexibility index (Phi) is 8.30. The Morgan fingerprint density at radius 2 is 1.91 bits per heavy atom. The van der Waals surface area contributed by atoms with Gasteiger partial charge in [0.2, 0.25) is 0 Å². The lowest BCUT2D eigenvalue weighted by Gasteiger charge is -2.08. The van der Waals surface area contributed by atoms with Gasteiger partial charge in [-0.25, -0.2) is 14.8 Å². The zero-order valence-electron chi connectivity index (χ0n) is 17.8. The number of hydrazone groups is 1. The van der Waals surface area contributed by atoms with E-state index < -0.39 is 5.82 Å². The van der Waals surface area contributed by atoms with Crippen LogP contribution in [0.5, 0.6) is 5.75 Å². The average molecular weight is 512 g/mol. The summed E-state index contributed by atoms with van der Waals surface area (Å²) in [6.07, 6.45) is 1.54. The summed E-state index contributed by atoms with van der Waals surface area (Å²) in [5, 5.41) is 6.29. The zero-order valence-corrected chi connectivity index (χ0v) is 20.2. The summed E-state index contributed by atoms with van der Waals surface area (Å²) in [7, 11) is 0. The molecule has 4 aromatic rings. The number of hydrogen-bond acceptors (Lipinski definition) is 6. The first kappa shape index (κ1) is 23.9. The number of amides is 1. The Morgan fingerprint density at radius 1 is 1.12 bits per heavy atom. The van der Waals surface area contributed by atoms with Crippen LogP contribution in [0.4, 0.5) is 4.39 Å². The highest BCUT2D eigenvalue weighted by Crippen LogP contribution is 2.28. The van der Waals surface area contributed by atoms with Crippen LogP contribution in [0.3, 0.4) is 0 Å². The number of aromatic nitrogens is 1. The number of thiazole rings is 1. The number of nitrogens with one attached hydrogen (secondary N) is 1. The van der Waals surface area contributed by atoms with Crippen LogP contribution in [0.25, 0.3) is 11.3 Å². The van der Waals surface area contributed by atoms with E-state index in [-0.39, 0.29) is 18.3 Å². The molecule has 34 heavy (non-hydrogen) atoms. The van der Waals surface area contributed by atoms with Crippen LogP contribution in [0, 0.1) is 5.82 Å². The molecule has 9 heteroatoms. The first-order valence-electron chi connectivity index (χ1n) is 10.2. The molecule has 0 fully saturated rings. The Labute approximate surface area is 209 Å². The van der Waals surface area contributed by atoms with Gasteiger partial charge in [-0.15, -0.1) is 11.3 Å². The number of nitrogens with zero attached hydrogens (tertiary/aromatic N) is 2. The second kappa shape index (κ2) is 11.8. The van der Waals surface area contributed by atoms with Crippen molar-refractivity contribution >= 4 is 46.8 Å². The van der Waals surface area contributed by atoms with E-state index in [0.29, 0.717) is 16.3 Å². The molecule has 4 rings (SSSR count). The number of ether oxygens (including phenoxy) is 1. The maximum Gasteiger partial charge on any atom is 0.250 e. The number of hydrogen-bond donors (Lipinski definition) is 1. The summed E-state index contributed by atoms with van der Waals surface area (Å²) in [4.78, 5) is 16.6. The SMILES string of the molecule is O=C(CSc1nc(-c2ccccc2)cs1)N/N=C/c1ccc(OCc2c(F)cccc2Cl)cc1. The topological polar surface area (TPSA) is 63.6 Å². The summed E-state index contributed by atoms with van der Waals surface area (Å²) >= 11 is 8.88. The molecule has 0 bridgehead atoms. The highest BCUT2D eigenvalue weighted by molar-refractivity contribution is 8.01. The highest BCUT2D eigenvalue weighted by atomic mass is 35.5. The van der Waals surface area contributed by atoms with Crippen LogP contribution >= 0.6 is 34.7 Å². The molecule has 0 atom stereocenters. The van der Waals surface area contributed by atoms with Crippen LogP contribution in [0.1, 0.15) is 11.1 Å². The van der Waals surface area contributed by atoms with Crippen LogP contribution in [0.2, 0.25) is 5.02 Å². The summed E-state index contributed by atoms with van der Waals surface area (Å²) in [5.74, 6) is 0.149. The van der Waals surface area contributed by atoms with E-state index in [2.05, 4.69) is 15.5 Å². The molecule has 5 nitrogen and oxygen atoms in total. The number of halogens is 2. The minimum atomic E-state index is -0.406. The van der Waals surface area contributed by atoms with E-state index in [0.717, 1.165) is 21.2 Å². The fraction of sp³-hybridized carbons (Fsp3) is 0.0800. The molecule has 1 aromatic heterocycles. The molecule has 0 aliphatic carbocycles. The Morgan fingerprint density at radius 3 is 2.68 bits per heavy atom. The standard InChI is InChI=1S/C25H19ClFN3O2S2/c26-21-7-4-8-22(27)20(21)14-32-19-11-9-17(10-12-19)13-28-30-24(31)16-34-25-29-23(15-33-25)18-5-2-1-3-6-18/h1-13,15H,14,16H2,(H,30,31)/b28-13+. The molecule has 172 valence electrons. The highest BCUT2D eigenvalue weighted by Gasteiger charge is 2.09. The summed E-state index contributed by atoms with van der Waals surface area (Å²) in [5.41, 5.74) is 5.54.